The monoisotopic (exact) mass is 279 g/mol. The lowest BCUT2D eigenvalue weighted by Crippen LogP contribution is -1.99. The summed E-state index contributed by atoms with van der Waals surface area (Å²) in [5.41, 5.74) is 2.26. The van der Waals surface area contributed by atoms with E-state index in [1.807, 2.05) is 72.9 Å². The number of benzene rings is 2. The molecule has 1 N–H and O–H groups in total. The van der Waals surface area contributed by atoms with Crippen molar-refractivity contribution in [2.75, 3.05) is 0 Å². The van der Waals surface area contributed by atoms with Gasteiger partial charge in [0.15, 0.2) is 5.75 Å². The Hall–Kier alpha value is -2.68. The highest BCUT2D eigenvalue weighted by Gasteiger charge is 2.07. The second-order valence-electron chi connectivity index (χ2n) is 4.72. The summed E-state index contributed by atoms with van der Waals surface area (Å²) >= 11 is 0. The van der Waals surface area contributed by atoms with E-state index >= 15 is 0 Å². The van der Waals surface area contributed by atoms with Crippen LogP contribution in [0.5, 0.6) is 11.6 Å². The van der Waals surface area contributed by atoms with Gasteiger partial charge in [0.1, 0.15) is 13.2 Å². The molecule has 1 heterocycles. The topological polar surface area (TPSA) is 34.2 Å². The van der Waals surface area contributed by atoms with E-state index in [-0.39, 0.29) is 0 Å². The Bertz CT molecular complexity index is 604. The molecule has 0 bridgehead atoms. The maximum absolute atomic E-state index is 5.80. The van der Waals surface area contributed by atoms with E-state index in [0.717, 1.165) is 16.9 Å². The van der Waals surface area contributed by atoms with Gasteiger partial charge in [-0.15, -0.1) is 0 Å². The summed E-state index contributed by atoms with van der Waals surface area (Å²) in [6.45, 7) is 1.05. The summed E-state index contributed by atoms with van der Waals surface area (Å²) < 4.78 is 11.6. The van der Waals surface area contributed by atoms with Gasteiger partial charge in [-0.1, -0.05) is 60.7 Å². The van der Waals surface area contributed by atoms with Crippen molar-refractivity contribution < 1.29 is 9.47 Å². The lowest BCUT2D eigenvalue weighted by atomic mass is 10.2. The summed E-state index contributed by atoms with van der Waals surface area (Å²) in [6.07, 6.45) is 1.82. The van der Waals surface area contributed by atoms with Gasteiger partial charge in [-0.05, 0) is 11.1 Å². The predicted molar refractivity (Wildman–Crippen MR) is 82.3 cm³/mol. The summed E-state index contributed by atoms with van der Waals surface area (Å²) in [6, 6.07) is 22.0. The number of rotatable bonds is 6. The second-order valence-corrected chi connectivity index (χ2v) is 4.72. The van der Waals surface area contributed by atoms with Gasteiger partial charge in [0.2, 0.25) is 5.88 Å². The molecule has 0 fully saturated rings. The Balaban J connectivity index is 1.59. The third-order valence-corrected chi connectivity index (χ3v) is 3.14. The molecule has 0 spiro atoms. The first-order valence-corrected chi connectivity index (χ1v) is 6.92. The Morgan fingerprint density at radius 1 is 0.667 bits per heavy atom. The zero-order valence-corrected chi connectivity index (χ0v) is 11.7. The van der Waals surface area contributed by atoms with E-state index in [2.05, 4.69) is 4.98 Å². The average molecular weight is 279 g/mol. The SMILES string of the molecule is c1ccc(COc2cc[nH]c2OCc2ccccc2)cc1. The molecule has 0 aliphatic rings. The van der Waals surface area contributed by atoms with Crippen LogP contribution in [0.3, 0.4) is 0 Å². The summed E-state index contributed by atoms with van der Waals surface area (Å²) in [7, 11) is 0. The van der Waals surface area contributed by atoms with Crippen LogP contribution in [0.4, 0.5) is 0 Å². The summed E-state index contributed by atoms with van der Waals surface area (Å²) in [5.74, 6) is 1.39. The number of H-pyrrole nitrogens is 1. The Morgan fingerprint density at radius 2 is 1.24 bits per heavy atom. The molecule has 2 aromatic carbocycles. The molecule has 1 aromatic heterocycles. The van der Waals surface area contributed by atoms with Gasteiger partial charge in [0, 0.05) is 12.3 Å². The van der Waals surface area contributed by atoms with Crippen LogP contribution >= 0.6 is 0 Å². The van der Waals surface area contributed by atoms with E-state index in [9.17, 15) is 0 Å². The molecule has 3 heteroatoms. The fraction of sp³-hybridized carbons (Fsp3) is 0.111. The second kappa shape index (κ2) is 6.66. The minimum Gasteiger partial charge on any atom is -0.483 e. The summed E-state index contributed by atoms with van der Waals surface area (Å²) in [4.78, 5) is 3.07. The van der Waals surface area contributed by atoms with Gasteiger partial charge >= 0.3 is 0 Å². The minimum absolute atomic E-state index is 0.517. The van der Waals surface area contributed by atoms with Crippen molar-refractivity contribution in [1.82, 2.24) is 4.98 Å². The first-order valence-electron chi connectivity index (χ1n) is 6.92. The van der Waals surface area contributed by atoms with Crippen LogP contribution in [-0.2, 0) is 13.2 Å². The zero-order valence-electron chi connectivity index (χ0n) is 11.7. The molecule has 0 radical (unpaired) electrons. The van der Waals surface area contributed by atoms with Crippen LogP contribution in [0.1, 0.15) is 11.1 Å². The number of hydrogen-bond donors (Lipinski definition) is 1. The number of aromatic nitrogens is 1. The van der Waals surface area contributed by atoms with Crippen molar-refractivity contribution in [1.29, 1.82) is 0 Å². The Labute approximate surface area is 124 Å². The molecule has 0 aliphatic carbocycles. The minimum atomic E-state index is 0.517. The van der Waals surface area contributed by atoms with Crippen molar-refractivity contribution in [3.05, 3.63) is 84.1 Å². The third kappa shape index (κ3) is 3.66. The van der Waals surface area contributed by atoms with Gasteiger partial charge in [0.25, 0.3) is 0 Å². The van der Waals surface area contributed by atoms with Crippen LogP contribution in [0, 0.1) is 0 Å². The van der Waals surface area contributed by atoms with E-state index in [1.54, 1.807) is 0 Å². The van der Waals surface area contributed by atoms with Gasteiger partial charge < -0.3 is 14.5 Å². The molecule has 0 aliphatic heterocycles. The highest BCUT2D eigenvalue weighted by molar-refractivity contribution is 5.34. The number of aromatic amines is 1. The van der Waals surface area contributed by atoms with E-state index < -0.39 is 0 Å². The fourth-order valence-electron chi connectivity index (χ4n) is 2.03. The van der Waals surface area contributed by atoms with Crippen molar-refractivity contribution in [2.24, 2.45) is 0 Å². The molecule has 0 atom stereocenters. The highest BCUT2D eigenvalue weighted by atomic mass is 16.5. The molecule has 21 heavy (non-hydrogen) atoms. The van der Waals surface area contributed by atoms with Gasteiger partial charge in [-0.3, -0.25) is 0 Å². The Kier molecular flexibility index (Phi) is 4.22. The molecule has 3 nitrogen and oxygen atoms in total. The quantitative estimate of drug-likeness (QED) is 0.734. The van der Waals surface area contributed by atoms with Crippen molar-refractivity contribution in [2.45, 2.75) is 13.2 Å². The molecular weight excluding hydrogens is 262 g/mol. The standard InChI is InChI=1S/C18H17NO2/c1-3-7-15(8-4-1)13-20-17-11-12-19-18(17)21-14-16-9-5-2-6-10-16/h1-12,19H,13-14H2. The number of ether oxygens (including phenoxy) is 2. The molecule has 0 unspecified atom stereocenters. The Morgan fingerprint density at radius 3 is 1.86 bits per heavy atom. The van der Waals surface area contributed by atoms with Crippen LogP contribution in [0.25, 0.3) is 0 Å². The van der Waals surface area contributed by atoms with Gasteiger partial charge in [0.05, 0.1) is 0 Å². The summed E-state index contributed by atoms with van der Waals surface area (Å²) in [5, 5.41) is 0. The van der Waals surface area contributed by atoms with Crippen molar-refractivity contribution in [3.8, 4) is 11.6 Å². The highest BCUT2D eigenvalue weighted by Crippen LogP contribution is 2.26. The van der Waals surface area contributed by atoms with Crippen LogP contribution < -0.4 is 9.47 Å². The molecule has 3 rings (SSSR count). The van der Waals surface area contributed by atoms with Gasteiger partial charge in [-0.2, -0.15) is 0 Å². The molecule has 0 saturated carbocycles. The zero-order chi connectivity index (χ0) is 14.3. The molecular formula is C18H17NO2. The number of hydrogen-bond acceptors (Lipinski definition) is 2. The lowest BCUT2D eigenvalue weighted by Gasteiger charge is -2.09. The van der Waals surface area contributed by atoms with E-state index in [4.69, 9.17) is 9.47 Å². The van der Waals surface area contributed by atoms with Crippen LogP contribution in [0.15, 0.2) is 72.9 Å². The van der Waals surface area contributed by atoms with Crippen molar-refractivity contribution in [3.63, 3.8) is 0 Å². The first kappa shape index (κ1) is 13.3. The number of nitrogens with one attached hydrogen (secondary N) is 1. The van der Waals surface area contributed by atoms with Crippen LogP contribution in [0.2, 0.25) is 0 Å². The maximum atomic E-state index is 5.80. The van der Waals surface area contributed by atoms with Gasteiger partial charge in [-0.25, -0.2) is 0 Å². The smallest absolute Gasteiger partial charge is 0.234 e. The fourth-order valence-corrected chi connectivity index (χ4v) is 2.03. The normalized spacial score (nSPS) is 10.3. The molecule has 0 saturated heterocycles. The molecule has 106 valence electrons. The lowest BCUT2D eigenvalue weighted by molar-refractivity contribution is 0.251. The molecule has 0 amide bonds. The third-order valence-electron chi connectivity index (χ3n) is 3.14. The average Bonchev–Trinajstić information content (AvgIpc) is 3.00. The van der Waals surface area contributed by atoms with Crippen LogP contribution in [-0.4, -0.2) is 4.98 Å². The largest absolute Gasteiger partial charge is 0.483 e. The van der Waals surface area contributed by atoms with E-state index in [1.165, 1.54) is 0 Å². The maximum Gasteiger partial charge on any atom is 0.234 e. The first-order chi connectivity index (χ1) is 10.4. The molecule has 3 aromatic rings. The van der Waals surface area contributed by atoms with E-state index in [0.29, 0.717) is 19.1 Å². The van der Waals surface area contributed by atoms with Crippen molar-refractivity contribution >= 4 is 0 Å². The predicted octanol–water partition coefficient (Wildman–Crippen LogP) is 4.17.